The van der Waals surface area contributed by atoms with Gasteiger partial charge in [-0.3, -0.25) is 9.59 Å². The maximum Gasteiger partial charge on any atom is 0.407 e. The van der Waals surface area contributed by atoms with Gasteiger partial charge in [0.15, 0.2) is 0 Å². The molecule has 4 N–H and O–H groups in total. The smallest absolute Gasteiger partial charge is 0.407 e. The quantitative estimate of drug-likeness (QED) is 0.170. The van der Waals surface area contributed by atoms with E-state index >= 15 is 0 Å². The third kappa shape index (κ3) is 10.1. The van der Waals surface area contributed by atoms with E-state index in [1.807, 2.05) is 57.3 Å². The van der Waals surface area contributed by atoms with E-state index in [9.17, 15) is 14.4 Å². The van der Waals surface area contributed by atoms with Crippen LogP contribution in [0.3, 0.4) is 0 Å². The van der Waals surface area contributed by atoms with Gasteiger partial charge in [0.1, 0.15) is 17.5 Å². The third-order valence-corrected chi connectivity index (χ3v) is 9.35. The summed E-state index contributed by atoms with van der Waals surface area (Å²) >= 11 is 0. The standard InChI is InChI=1S/C38H47N9O5/c1-38(2,3)52-37(50)40-24-26-6-10-29(11-7-26)35(48)42-32(36(49)41-31-14-12-28(13-15-31)34-43-45-46-44-34)22-25-4-8-27(9-5-25)30-16-17-39-33(23-30)47-18-20-51-21-19-47/h4-5,8-9,12-17,23,26,29,32H,6-7,10-11,18-22,24H2,1-3H3,(H,40,50)(H,41,49)(H,42,48)(H,43,44,45,46)/t26?,29?,32-/m0/s1. The van der Waals surface area contributed by atoms with Crippen molar-refractivity contribution in [3.05, 3.63) is 72.4 Å². The van der Waals surface area contributed by atoms with Gasteiger partial charge in [-0.15, -0.1) is 10.2 Å². The largest absolute Gasteiger partial charge is 0.444 e. The zero-order chi connectivity index (χ0) is 36.5. The number of aromatic nitrogens is 5. The average molecular weight is 710 g/mol. The number of anilines is 2. The number of H-pyrrole nitrogens is 1. The third-order valence-electron chi connectivity index (χ3n) is 9.35. The molecule has 4 aromatic rings. The molecule has 274 valence electrons. The zero-order valence-corrected chi connectivity index (χ0v) is 29.9. The fraction of sp³-hybridized carbons (Fsp3) is 0.447. The Morgan fingerprint density at radius 1 is 0.942 bits per heavy atom. The van der Waals surface area contributed by atoms with Gasteiger partial charge in [0.2, 0.25) is 17.6 Å². The molecule has 0 spiro atoms. The molecule has 0 unspecified atom stereocenters. The lowest BCUT2D eigenvalue weighted by Gasteiger charge is -2.29. The Morgan fingerprint density at radius 3 is 2.33 bits per heavy atom. The number of tetrazole rings is 1. The number of ether oxygens (including phenoxy) is 2. The van der Waals surface area contributed by atoms with Crippen molar-refractivity contribution in [3.8, 4) is 22.5 Å². The first-order chi connectivity index (χ1) is 25.1. The lowest BCUT2D eigenvalue weighted by Crippen LogP contribution is -2.48. The van der Waals surface area contributed by atoms with Gasteiger partial charge < -0.3 is 30.3 Å². The van der Waals surface area contributed by atoms with Crippen LogP contribution in [0.2, 0.25) is 0 Å². The molecule has 3 amide bonds. The van der Waals surface area contributed by atoms with Gasteiger partial charge >= 0.3 is 6.09 Å². The highest BCUT2D eigenvalue weighted by Crippen LogP contribution is 2.29. The zero-order valence-electron chi connectivity index (χ0n) is 29.9. The summed E-state index contributed by atoms with van der Waals surface area (Å²) in [4.78, 5) is 46.3. The van der Waals surface area contributed by atoms with Crippen LogP contribution in [0.15, 0.2) is 66.9 Å². The van der Waals surface area contributed by atoms with Gasteiger partial charge in [-0.1, -0.05) is 24.3 Å². The normalized spacial score (nSPS) is 18.2. The number of nitrogens with zero attached hydrogens (tertiary/aromatic N) is 5. The molecular formula is C38H47N9O5. The molecule has 1 aliphatic heterocycles. The Balaban J connectivity index is 1.10. The van der Waals surface area contributed by atoms with Crippen molar-refractivity contribution in [3.63, 3.8) is 0 Å². The molecule has 2 aromatic carbocycles. The van der Waals surface area contributed by atoms with Gasteiger partial charge in [-0.25, -0.2) is 9.78 Å². The monoisotopic (exact) mass is 709 g/mol. The predicted octanol–water partition coefficient (Wildman–Crippen LogP) is 4.76. The lowest BCUT2D eigenvalue weighted by molar-refractivity contribution is -0.130. The van der Waals surface area contributed by atoms with E-state index in [2.05, 4.69) is 52.5 Å². The van der Waals surface area contributed by atoms with Crippen molar-refractivity contribution in [2.75, 3.05) is 43.1 Å². The van der Waals surface area contributed by atoms with Crippen LogP contribution >= 0.6 is 0 Å². The summed E-state index contributed by atoms with van der Waals surface area (Å²) in [5, 5.41) is 22.9. The van der Waals surface area contributed by atoms with Gasteiger partial charge in [-0.2, -0.15) is 5.21 Å². The number of hydrogen-bond acceptors (Lipinski definition) is 10. The second-order valence-electron chi connectivity index (χ2n) is 14.4. The molecule has 2 aliphatic rings. The first-order valence-electron chi connectivity index (χ1n) is 17.9. The Hall–Kier alpha value is -5.37. The Morgan fingerprint density at radius 2 is 1.65 bits per heavy atom. The molecule has 6 rings (SSSR count). The first kappa shape index (κ1) is 36.4. The van der Waals surface area contributed by atoms with Crippen molar-refractivity contribution in [2.24, 2.45) is 11.8 Å². The van der Waals surface area contributed by atoms with Crippen LogP contribution in [0, 0.1) is 11.8 Å². The summed E-state index contributed by atoms with van der Waals surface area (Å²) in [6.45, 7) is 8.98. The molecule has 3 heterocycles. The molecule has 14 nitrogen and oxygen atoms in total. The molecule has 14 heteroatoms. The lowest BCUT2D eigenvalue weighted by atomic mass is 9.81. The number of nitrogens with one attached hydrogen (secondary N) is 4. The topological polar surface area (TPSA) is 176 Å². The molecule has 1 saturated carbocycles. The van der Waals surface area contributed by atoms with Crippen LogP contribution in [0.25, 0.3) is 22.5 Å². The number of benzene rings is 2. The molecular weight excluding hydrogens is 662 g/mol. The minimum atomic E-state index is -0.810. The number of carbonyl (C=O) groups excluding carboxylic acids is 3. The van der Waals surface area contributed by atoms with Crippen molar-refractivity contribution in [1.29, 1.82) is 0 Å². The molecule has 1 saturated heterocycles. The Labute approximate surface area is 303 Å². The summed E-state index contributed by atoms with van der Waals surface area (Å²) in [7, 11) is 0. The molecule has 1 aliphatic carbocycles. The number of alkyl carbamates (subject to hydrolysis) is 1. The maximum atomic E-state index is 13.8. The fourth-order valence-corrected chi connectivity index (χ4v) is 6.52. The van der Waals surface area contributed by atoms with Crippen molar-refractivity contribution < 1.29 is 23.9 Å². The highest BCUT2D eigenvalue weighted by atomic mass is 16.6. The molecule has 52 heavy (non-hydrogen) atoms. The molecule has 2 aromatic heterocycles. The highest BCUT2D eigenvalue weighted by molar-refractivity contribution is 5.97. The van der Waals surface area contributed by atoms with Crippen molar-refractivity contribution in [1.82, 2.24) is 36.2 Å². The van der Waals surface area contributed by atoms with E-state index in [0.717, 1.165) is 54.0 Å². The Bertz CT molecular complexity index is 1780. The Kier molecular flexibility index (Phi) is 11.7. The number of aromatic amines is 1. The summed E-state index contributed by atoms with van der Waals surface area (Å²) < 4.78 is 10.8. The summed E-state index contributed by atoms with van der Waals surface area (Å²) in [6, 6.07) is 18.5. The minimum Gasteiger partial charge on any atom is -0.444 e. The van der Waals surface area contributed by atoms with Gasteiger partial charge in [-0.05, 0) is 111 Å². The molecule has 2 fully saturated rings. The highest BCUT2D eigenvalue weighted by Gasteiger charge is 2.30. The van der Waals surface area contributed by atoms with E-state index < -0.39 is 17.7 Å². The molecule has 0 radical (unpaired) electrons. The maximum absolute atomic E-state index is 13.8. The summed E-state index contributed by atoms with van der Waals surface area (Å²) in [5.74, 6) is 0.945. The van der Waals surface area contributed by atoms with Crippen LogP contribution in [0.1, 0.15) is 52.0 Å². The van der Waals surface area contributed by atoms with E-state index in [0.29, 0.717) is 50.5 Å². The number of morpholine rings is 1. The van der Waals surface area contributed by atoms with Crippen molar-refractivity contribution >= 4 is 29.4 Å². The summed E-state index contributed by atoms with van der Waals surface area (Å²) in [5.41, 5.74) is 3.77. The SMILES string of the molecule is CC(C)(C)OC(=O)NCC1CCC(C(=O)N[C@@H](Cc2ccc(-c3ccnc(N4CCOCC4)c3)cc2)C(=O)Nc2ccc(-c3nn[nH]n3)cc2)CC1. The van der Waals surface area contributed by atoms with Gasteiger partial charge in [0.05, 0.1) is 13.2 Å². The number of rotatable bonds is 11. The minimum absolute atomic E-state index is 0.143. The number of pyridine rings is 1. The predicted molar refractivity (Wildman–Crippen MR) is 196 cm³/mol. The van der Waals surface area contributed by atoms with Crippen LogP contribution in [-0.4, -0.2) is 88.0 Å². The van der Waals surface area contributed by atoms with Crippen LogP contribution in [0.4, 0.5) is 16.3 Å². The van der Waals surface area contributed by atoms with E-state index in [4.69, 9.17) is 9.47 Å². The van der Waals surface area contributed by atoms with E-state index in [1.165, 1.54) is 0 Å². The fourth-order valence-electron chi connectivity index (χ4n) is 6.52. The first-order valence-corrected chi connectivity index (χ1v) is 17.9. The number of amides is 3. The molecule has 1 atom stereocenters. The van der Waals surface area contributed by atoms with E-state index in [1.54, 1.807) is 24.3 Å². The molecule has 0 bridgehead atoms. The average Bonchev–Trinajstić information content (AvgIpc) is 3.70. The number of carbonyl (C=O) groups is 3. The second kappa shape index (κ2) is 16.8. The van der Waals surface area contributed by atoms with Crippen LogP contribution in [-0.2, 0) is 25.5 Å². The van der Waals surface area contributed by atoms with Crippen LogP contribution in [0.5, 0.6) is 0 Å². The van der Waals surface area contributed by atoms with Gasteiger partial charge in [0, 0.05) is 49.4 Å². The number of hydrogen-bond donors (Lipinski definition) is 4. The second-order valence-corrected chi connectivity index (χ2v) is 14.4. The van der Waals surface area contributed by atoms with Crippen molar-refractivity contribution in [2.45, 2.75) is 64.5 Å². The van der Waals surface area contributed by atoms with Gasteiger partial charge in [0.25, 0.3) is 0 Å². The van der Waals surface area contributed by atoms with Crippen LogP contribution < -0.4 is 20.9 Å². The van der Waals surface area contributed by atoms with E-state index in [-0.39, 0.29) is 23.7 Å². The summed E-state index contributed by atoms with van der Waals surface area (Å²) in [6.07, 6.45) is 4.63.